The summed E-state index contributed by atoms with van der Waals surface area (Å²) >= 11 is 0. The maximum absolute atomic E-state index is 2.51. The normalized spacial score (nSPS) is 21.5. The molecule has 0 amide bonds. The van der Waals surface area contributed by atoms with Gasteiger partial charge in [-0.1, -0.05) is 107 Å². The highest BCUT2D eigenvalue weighted by Gasteiger charge is 2.16. The van der Waals surface area contributed by atoms with Gasteiger partial charge in [-0.05, 0) is 83.8 Å². The van der Waals surface area contributed by atoms with Crippen molar-refractivity contribution in [2.75, 3.05) is 0 Å². The van der Waals surface area contributed by atoms with Crippen LogP contribution < -0.4 is 0 Å². The number of unbranched alkanes of at least 4 members (excludes halogenated alkanes) is 1. The molecule has 2 aromatic carbocycles. The average molecular weight is 413 g/mol. The standard InChI is InChI=1S/C31H40/c1-3-5-7-25-10-14-27(15-11-25)29-18-22-31(23-19-29)30-20-16-28(17-21-30)26-12-8-24(6-4-2)9-13-26/h12,14,16-25H,3-11,13,15H2,1-2H3. The van der Waals surface area contributed by atoms with Gasteiger partial charge in [-0.25, -0.2) is 0 Å². The fourth-order valence-corrected chi connectivity index (χ4v) is 5.48. The van der Waals surface area contributed by atoms with E-state index in [1.807, 2.05) is 0 Å². The highest BCUT2D eigenvalue weighted by Crippen LogP contribution is 2.35. The van der Waals surface area contributed by atoms with Gasteiger partial charge in [0.05, 0.1) is 0 Å². The monoisotopic (exact) mass is 412 g/mol. The van der Waals surface area contributed by atoms with Crippen LogP contribution in [0, 0.1) is 11.8 Å². The van der Waals surface area contributed by atoms with Gasteiger partial charge in [0.2, 0.25) is 0 Å². The van der Waals surface area contributed by atoms with Gasteiger partial charge >= 0.3 is 0 Å². The molecule has 0 saturated heterocycles. The summed E-state index contributed by atoms with van der Waals surface area (Å²) in [7, 11) is 0. The van der Waals surface area contributed by atoms with Crippen molar-refractivity contribution in [1.82, 2.24) is 0 Å². The highest BCUT2D eigenvalue weighted by atomic mass is 14.2. The van der Waals surface area contributed by atoms with Crippen LogP contribution in [0.5, 0.6) is 0 Å². The second-order valence-electron chi connectivity index (χ2n) is 9.83. The molecular weight excluding hydrogens is 372 g/mol. The molecule has 0 aliphatic heterocycles. The fourth-order valence-electron chi connectivity index (χ4n) is 5.48. The molecule has 2 unspecified atom stereocenters. The molecule has 2 aliphatic carbocycles. The Hall–Kier alpha value is -2.08. The molecule has 0 N–H and O–H groups in total. The van der Waals surface area contributed by atoms with Gasteiger partial charge in [0.1, 0.15) is 0 Å². The lowest BCUT2D eigenvalue weighted by Gasteiger charge is -2.22. The second kappa shape index (κ2) is 11.0. The summed E-state index contributed by atoms with van der Waals surface area (Å²) in [5, 5.41) is 0. The third-order valence-electron chi connectivity index (χ3n) is 7.55. The Morgan fingerprint density at radius 1 is 0.581 bits per heavy atom. The van der Waals surface area contributed by atoms with Gasteiger partial charge < -0.3 is 0 Å². The van der Waals surface area contributed by atoms with Crippen LogP contribution >= 0.6 is 0 Å². The number of benzene rings is 2. The van der Waals surface area contributed by atoms with Crippen molar-refractivity contribution < 1.29 is 0 Å². The average Bonchev–Trinajstić information content (AvgIpc) is 2.84. The summed E-state index contributed by atoms with van der Waals surface area (Å²) in [6, 6.07) is 18.6. The van der Waals surface area contributed by atoms with Crippen molar-refractivity contribution >= 4 is 11.1 Å². The van der Waals surface area contributed by atoms with Gasteiger partial charge in [0, 0.05) is 0 Å². The van der Waals surface area contributed by atoms with Crippen molar-refractivity contribution in [2.45, 2.75) is 84.5 Å². The van der Waals surface area contributed by atoms with Crippen LogP contribution in [-0.4, -0.2) is 0 Å². The van der Waals surface area contributed by atoms with Gasteiger partial charge in [-0.15, -0.1) is 0 Å². The summed E-state index contributed by atoms with van der Waals surface area (Å²) in [5.41, 5.74) is 8.60. The minimum Gasteiger partial charge on any atom is -0.0804 e. The van der Waals surface area contributed by atoms with Gasteiger partial charge in [0.15, 0.2) is 0 Å². The second-order valence-corrected chi connectivity index (χ2v) is 9.83. The van der Waals surface area contributed by atoms with E-state index < -0.39 is 0 Å². The van der Waals surface area contributed by atoms with Crippen LogP contribution in [0.3, 0.4) is 0 Å². The van der Waals surface area contributed by atoms with E-state index >= 15 is 0 Å². The van der Waals surface area contributed by atoms with Crippen LogP contribution in [0.25, 0.3) is 22.3 Å². The molecule has 31 heavy (non-hydrogen) atoms. The summed E-state index contributed by atoms with van der Waals surface area (Å²) < 4.78 is 0. The molecule has 4 rings (SSSR count). The Bertz CT molecular complexity index is 879. The smallest absolute Gasteiger partial charge is 0.0184 e. The Kier molecular flexibility index (Phi) is 7.84. The summed E-state index contributed by atoms with van der Waals surface area (Å²) in [6.45, 7) is 4.61. The molecule has 2 atom stereocenters. The predicted molar refractivity (Wildman–Crippen MR) is 137 cm³/mol. The largest absolute Gasteiger partial charge is 0.0804 e. The molecule has 0 nitrogen and oxygen atoms in total. The number of hydrogen-bond acceptors (Lipinski definition) is 0. The molecule has 2 aromatic rings. The third kappa shape index (κ3) is 5.79. The molecule has 164 valence electrons. The third-order valence-corrected chi connectivity index (χ3v) is 7.55. The zero-order valence-electron chi connectivity index (χ0n) is 19.7. The van der Waals surface area contributed by atoms with E-state index in [9.17, 15) is 0 Å². The first-order chi connectivity index (χ1) is 15.3. The van der Waals surface area contributed by atoms with Gasteiger partial charge in [-0.2, -0.15) is 0 Å². The first kappa shape index (κ1) is 22.1. The molecule has 0 fully saturated rings. The van der Waals surface area contributed by atoms with E-state index in [-0.39, 0.29) is 0 Å². The van der Waals surface area contributed by atoms with Crippen LogP contribution in [0.2, 0.25) is 0 Å². The highest BCUT2D eigenvalue weighted by molar-refractivity contribution is 5.73. The van der Waals surface area contributed by atoms with Crippen LogP contribution in [0.4, 0.5) is 0 Å². The molecule has 0 heteroatoms. The van der Waals surface area contributed by atoms with E-state index in [0.717, 1.165) is 11.8 Å². The van der Waals surface area contributed by atoms with Crippen molar-refractivity contribution in [3.63, 3.8) is 0 Å². The first-order valence-corrected chi connectivity index (χ1v) is 12.9. The molecule has 2 aliphatic rings. The van der Waals surface area contributed by atoms with E-state index in [1.165, 1.54) is 92.9 Å². The van der Waals surface area contributed by atoms with Crippen LogP contribution in [0.15, 0.2) is 60.7 Å². The van der Waals surface area contributed by atoms with E-state index in [0.29, 0.717) is 0 Å². The zero-order chi connectivity index (χ0) is 21.5. The van der Waals surface area contributed by atoms with Crippen molar-refractivity contribution in [3.05, 3.63) is 71.8 Å². The lowest BCUT2D eigenvalue weighted by Crippen LogP contribution is -2.05. The summed E-state index contributed by atoms with van der Waals surface area (Å²) in [6.07, 6.45) is 19.6. The minimum atomic E-state index is 0.910. The first-order valence-electron chi connectivity index (χ1n) is 12.9. The molecule has 0 spiro atoms. The van der Waals surface area contributed by atoms with Crippen molar-refractivity contribution in [2.24, 2.45) is 11.8 Å². The quantitative estimate of drug-likeness (QED) is 0.405. The van der Waals surface area contributed by atoms with Crippen LogP contribution in [0.1, 0.15) is 95.6 Å². The Balaban J connectivity index is 1.38. The molecule has 0 heterocycles. The minimum absolute atomic E-state index is 0.910. The van der Waals surface area contributed by atoms with E-state index in [1.54, 1.807) is 11.1 Å². The fraction of sp³-hybridized carbons (Fsp3) is 0.484. The zero-order valence-corrected chi connectivity index (χ0v) is 19.7. The van der Waals surface area contributed by atoms with E-state index in [2.05, 4.69) is 74.5 Å². The number of allylic oxidation sites excluding steroid dienone is 4. The maximum Gasteiger partial charge on any atom is -0.0184 e. The molecule has 0 bridgehead atoms. The lowest BCUT2D eigenvalue weighted by atomic mass is 9.83. The van der Waals surface area contributed by atoms with Crippen molar-refractivity contribution in [3.8, 4) is 11.1 Å². The molecule has 0 radical (unpaired) electrons. The Morgan fingerprint density at radius 3 is 1.42 bits per heavy atom. The Morgan fingerprint density at radius 2 is 1.03 bits per heavy atom. The maximum atomic E-state index is 2.51. The van der Waals surface area contributed by atoms with Crippen LogP contribution in [-0.2, 0) is 0 Å². The molecule has 0 saturated carbocycles. The van der Waals surface area contributed by atoms with E-state index in [4.69, 9.17) is 0 Å². The molecular formula is C31H40. The molecule has 0 aromatic heterocycles. The van der Waals surface area contributed by atoms with Gasteiger partial charge in [0.25, 0.3) is 0 Å². The number of hydrogen-bond donors (Lipinski definition) is 0. The summed E-state index contributed by atoms with van der Waals surface area (Å²) in [5.74, 6) is 1.83. The van der Waals surface area contributed by atoms with Crippen molar-refractivity contribution in [1.29, 1.82) is 0 Å². The topological polar surface area (TPSA) is 0 Å². The summed E-state index contributed by atoms with van der Waals surface area (Å²) in [4.78, 5) is 0. The predicted octanol–water partition coefficient (Wildman–Crippen LogP) is 9.71. The Labute approximate surface area is 190 Å². The number of rotatable bonds is 8. The SMILES string of the molecule is CCCCC1CC=C(c2ccc(-c3ccc(C4=CCC(CCC)CC4)cc3)cc2)CC1. The van der Waals surface area contributed by atoms with Gasteiger partial charge in [-0.3, -0.25) is 0 Å². The lowest BCUT2D eigenvalue weighted by molar-refractivity contribution is 0.434.